The number of aliphatic hydroxyl groups is 1. The van der Waals surface area contributed by atoms with Gasteiger partial charge in [0.25, 0.3) is 0 Å². The van der Waals surface area contributed by atoms with E-state index in [0.29, 0.717) is 12.5 Å². The number of piperidine rings is 1. The Bertz CT molecular complexity index is 85.0. The second kappa shape index (κ2) is 3.18. The molecule has 1 aliphatic rings. The fourth-order valence-electron chi connectivity index (χ4n) is 1.41. The molecule has 2 heteroatoms. The fraction of sp³-hybridized carbons (Fsp3) is 0.857. The highest BCUT2D eigenvalue weighted by Gasteiger charge is 2.15. The molecule has 2 atom stereocenters. The molecule has 0 aromatic carbocycles. The average molecular weight is 129 g/mol. The Morgan fingerprint density at radius 3 is 2.89 bits per heavy atom. The van der Waals surface area contributed by atoms with E-state index < -0.39 is 0 Å². The van der Waals surface area contributed by atoms with Crippen LogP contribution in [0, 0.1) is 13.0 Å². The van der Waals surface area contributed by atoms with Gasteiger partial charge in [0.1, 0.15) is 0 Å². The summed E-state index contributed by atoms with van der Waals surface area (Å²) in [6, 6.07) is 0. The summed E-state index contributed by atoms with van der Waals surface area (Å²) < 4.78 is 0. The van der Waals surface area contributed by atoms with Crippen LogP contribution in [0.4, 0.5) is 0 Å². The summed E-state index contributed by atoms with van der Waals surface area (Å²) in [6.45, 7) is 2.58. The maximum Gasteiger partial charge on any atom is 0.0581 e. The molecule has 1 heterocycles. The van der Waals surface area contributed by atoms with E-state index in [0.717, 1.165) is 6.54 Å². The van der Waals surface area contributed by atoms with Gasteiger partial charge in [0.15, 0.2) is 0 Å². The van der Waals surface area contributed by atoms with Gasteiger partial charge in [-0.05, 0) is 12.8 Å². The predicted octanol–water partition coefficient (Wildman–Crippen LogP) is -0.935. The van der Waals surface area contributed by atoms with Crippen molar-refractivity contribution in [3.8, 4) is 0 Å². The first-order chi connectivity index (χ1) is 4.33. The standard InChI is InChI=1S/C7H15NO/c1-8-4-2-3-7(5-8)6-9/h7-9H,1-6H2. The molecule has 0 aromatic rings. The van der Waals surface area contributed by atoms with E-state index in [1.165, 1.54) is 24.3 Å². The van der Waals surface area contributed by atoms with Crippen LogP contribution in [-0.4, -0.2) is 24.8 Å². The van der Waals surface area contributed by atoms with E-state index in [4.69, 9.17) is 5.11 Å². The topological polar surface area (TPSA) is 24.7 Å². The summed E-state index contributed by atoms with van der Waals surface area (Å²) in [6.07, 6.45) is 2.42. The Morgan fingerprint density at radius 1 is 1.67 bits per heavy atom. The van der Waals surface area contributed by atoms with Crippen LogP contribution >= 0.6 is 0 Å². The SMILES string of the molecule is [CH2-][NH+]1CCCC(CO)C1. The lowest BCUT2D eigenvalue weighted by Gasteiger charge is -2.30. The summed E-state index contributed by atoms with van der Waals surface area (Å²) in [5.74, 6) is 0.520. The molecule has 2 nitrogen and oxygen atoms in total. The molecule has 0 amide bonds. The molecule has 0 saturated carbocycles. The largest absolute Gasteiger partial charge is 0.468 e. The number of likely N-dealkylation sites (tertiary alicyclic amines) is 1. The van der Waals surface area contributed by atoms with Gasteiger partial charge >= 0.3 is 0 Å². The van der Waals surface area contributed by atoms with Crippen LogP contribution in [0.5, 0.6) is 0 Å². The van der Waals surface area contributed by atoms with E-state index in [1.54, 1.807) is 0 Å². The molecule has 0 aromatic heterocycles. The van der Waals surface area contributed by atoms with Crippen molar-refractivity contribution >= 4 is 0 Å². The van der Waals surface area contributed by atoms with Crippen LogP contribution < -0.4 is 4.90 Å². The van der Waals surface area contributed by atoms with E-state index in [1.807, 2.05) is 0 Å². The molecule has 1 rings (SSSR count). The van der Waals surface area contributed by atoms with Crippen LogP contribution in [0.25, 0.3) is 0 Å². The molecule has 1 saturated heterocycles. The number of rotatable bonds is 1. The molecule has 2 unspecified atom stereocenters. The third kappa shape index (κ3) is 1.95. The highest BCUT2D eigenvalue weighted by Crippen LogP contribution is 2.04. The second-order valence-electron chi connectivity index (χ2n) is 2.89. The lowest BCUT2D eigenvalue weighted by molar-refractivity contribution is -0.863. The number of nitrogens with one attached hydrogen (secondary N) is 1. The van der Waals surface area contributed by atoms with E-state index >= 15 is 0 Å². The van der Waals surface area contributed by atoms with Gasteiger partial charge in [0.05, 0.1) is 19.7 Å². The van der Waals surface area contributed by atoms with Crippen molar-refractivity contribution in [1.29, 1.82) is 0 Å². The summed E-state index contributed by atoms with van der Waals surface area (Å²) in [5, 5.41) is 8.77. The Labute approximate surface area is 56.5 Å². The van der Waals surface area contributed by atoms with Gasteiger partial charge in [0, 0.05) is 5.92 Å². The van der Waals surface area contributed by atoms with Gasteiger partial charge in [-0.2, -0.15) is 7.05 Å². The van der Waals surface area contributed by atoms with E-state index in [2.05, 4.69) is 7.05 Å². The molecule has 0 spiro atoms. The average Bonchev–Trinajstić information content (AvgIpc) is 1.88. The van der Waals surface area contributed by atoms with Crippen LogP contribution in [0.2, 0.25) is 0 Å². The van der Waals surface area contributed by atoms with Gasteiger partial charge in [0.2, 0.25) is 0 Å². The molecule has 1 aliphatic heterocycles. The maximum atomic E-state index is 8.77. The lowest BCUT2D eigenvalue weighted by atomic mass is 10.00. The van der Waals surface area contributed by atoms with Crippen molar-refractivity contribution in [2.45, 2.75) is 12.8 Å². The molecule has 0 bridgehead atoms. The summed E-state index contributed by atoms with van der Waals surface area (Å²) in [4.78, 5) is 1.32. The quantitative estimate of drug-likeness (QED) is 0.439. The zero-order valence-electron chi connectivity index (χ0n) is 5.77. The molecule has 0 aliphatic carbocycles. The Balaban J connectivity index is 2.23. The van der Waals surface area contributed by atoms with Crippen LogP contribution in [0.3, 0.4) is 0 Å². The molecule has 1 fully saturated rings. The predicted molar refractivity (Wildman–Crippen MR) is 35.9 cm³/mol. The van der Waals surface area contributed by atoms with E-state index in [9.17, 15) is 0 Å². The molecular formula is C7H15NO. The van der Waals surface area contributed by atoms with Crippen molar-refractivity contribution < 1.29 is 10.0 Å². The van der Waals surface area contributed by atoms with Crippen LogP contribution in [0.1, 0.15) is 12.8 Å². The third-order valence-corrected chi connectivity index (χ3v) is 1.98. The molecule has 2 N–H and O–H groups in total. The van der Waals surface area contributed by atoms with Crippen molar-refractivity contribution in [3.05, 3.63) is 7.05 Å². The number of quaternary nitrogens is 1. The smallest absolute Gasteiger partial charge is 0.0581 e. The first-order valence-electron chi connectivity index (χ1n) is 3.60. The van der Waals surface area contributed by atoms with Gasteiger partial charge in [-0.3, -0.25) is 0 Å². The molecule has 54 valence electrons. The minimum atomic E-state index is 0.346. The Morgan fingerprint density at radius 2 is 2.44 bits per heavy atom. The normalized spacial score (nSPS) is 36.7. The number of aliphatic hydroxyl groups excluding tert-OH is 1. The van der Waals surface area contributed by atoms with Crippen molar-refractivity contribution in [2.75, 3.05) is 19.7 Å². The number of hydrogen-bond acceptors (Lipinski definition) is 1. The zero-order valence-corrected chi connectivity index (χ0v) is 5.77. The minimum absolute atomic E-state index is 0.346. The number of hydrogen-bond donors (Lipinski definition) is 2. The highest BCUT2D eigenvalue weighted by atomic mass is 16.3. The molecule has 9 heavy (non-hydrogen) atoms. The zero-order chi connectivity index (χ0) is 6.69. The fourth-order valence-corrected chi connectivity index (χ4v) is 1.41. The van der Waals surface area contributed by atoms with Crippen LogP contribution in [0.15, 0.2) is 0 Å². The van der Waals surface area contributed by atoms with Crippen molar-refractivity contribution in [1.82, 2.24) is 0 Å². The van der Waals surface area contributed by atoms with Crippen LogP contribution in [-0.2, 0) is 0 Å². The Hall–Kier alpha value is -0.0800. The summed E-state index contributed by atoms with van der Waals surface area (Å²) >= 11 is 0. The van der Waals surface area contributed by atoms with E-state index in [-0.39, 0.29) is 0 Å². The van der Waals surface area contributed by atoms with Crippen molar-refractivity contribution in [2.24, 2.45) is 5.92 Å². The molecule has 0 radical (unpaired) electrons. The van der Waals surface area contributed by atoms with Gasteiger partial charge < -0.3 is 10.0 Å². The summed E-state index contributed by atoms with van der Waals surface area (Å²) in [5.41, 5.74) is 0. The first kappa shape index (κ1) is 7.03. The first-order valence-corrected chi connectivity index (χ1v) is 3.60. The Kier molecular flexibility index (Phi) is 2.49. The monoisotopic (exact) mass is 129 g/mol. The third-order valence-electron chi connectivity index (χ3n) is 1.98. The van der Waals surface area contributed by atoms with Crippen molar-refractivity contribution in [3.63, 3.8) is 0 Å². The van der Waals surface area contributed by atoms with Gasteiger partial charge in [-0.15, -0.1) is 0 Å². The molecular weight excluding hydrogens is 114 g/mol. The van der Waals surface area contributed by atoms with Gasteiger partial charge in [-0.25, -0.2) is 0 Å². The second-order valence-corrected chi connectivity index (χ2v) is 2.89. The highest BCUT2D eigenvalue weighted by molar-refractivity contribution is 4.59. The van der Waals surface area contributed by atoms with Gasteiger partial charge in [-0.1, -0.05) is 0 Å². The maximum absolute atomic E-state index is 8.77. The minimum Gasteiger partial charge on any atom is -0.468 e. The lowest BCUT2D eigenvalue weighted by Crippen LogP contribution is -3.08. The summed E-state index contributed by atoms with van der Waals surface area (Å²) in [7, 11) is 3.90.